The average Bonchev–Trinajstić information content (AvgIpc) is 2.70. The molecule has 1 aromatic rings. The third-order valence-electron chi connectivity index (χ3n) is 2.65. The van der Waals surface area contributed by atoms with Crippen LogP contribution in [0.4, 0.5) is 0 Å². The van der Waals surface area contributed by atoms with Gasteiger partial charge in [0, 0.05) is 17.5 Å². The molecule has 0 aromatic carbocycles. The Morgan fingerprint density at radius 1 is 1.59 bits per heavy atom. The number of nitrogens with two attached hydrogens (primary N) is 1. The Kier molecular flexibility index (Phi) is 6.15. The third-order valence-corrected chi connectivity index (χ3v) is 3.57. The van der Waals surface area contributed by atoms with E-state index in [9.17, 15) is 4.79 Å². The van der Waals surface area contributed by atoms with E-state index in [1.807, 2.05) is 13.1 Å². The van der Waals surface area contributed by atoms with Crippen molar-refractivity contribution in [3.05, 3.63) is 16.1 Å². The molecule has 17 heavy (non-hydrogen) atoms. The SMILES string of the molecule is Cc1ncc(CNC(=O)CCC(C)CCN)s1. The molecule has 0 saturated heterocycles. The van der Waals surface area contributed by atoms with E-state index >= 15 is 0 Å². The van der Waals surface area contributed by atoms with E-state index < -0.39 is 0 Å². The topological polar surface area (TPSA) is 68.0 Å². The summed E-state index contributed by atoms with van der Waals surface area (Å²) in [7, 11) is 0. The van der Waals surface area contributed by atoms with Crippen molar-refractivity contribution in [1.82, 2.24) is 10.3 Å². The van der Waals surface area contributed by atoms with Crippen molar-refractivity contribution in [1.29, 1.82) is 0 Å². The summed E-state index contributed by atoms with van der Waals surface area (Å²) in [5.74, 6) is 0.635. The Balaban J connectivity index is 2.17. The Hall–Kier alpha value is -0.940. The van der Waals surface area contributed by atoms with Crippen LogP contribution in [0.2, 0.25) is 0 Å². The molecule has 1 rings (SSSR count). The minimum Gasteiger partial charge on any atom is -0.351 e. The molecule has 1 aromatic heterocycles. The van der Waals surface area contributed by atoms with Crippen LogP contribution in [-0.2, 0) is 11.3 Å². The predicted molar refractivity (Wildman–Crippen MR) is 70.8 cm³/mol. The fraction of sp³-hybridized carbons (Fsp3) is 0.667. The number of amides is 1. The van der Waals surface area contributed by atoms with Gasteiger partial charge >= 0.3 is 0 Å². The number of carbonyl (C=O) groups excluding carboxylic acids is 1. The van der Waals surface area contributed by atoms with E-state index in [0.29, 0.717) is 25.4 Å². The Bertz CT molecular complexity index is 351. The smallest absolute Gasteiger partial charge is 0.220 e. The number of hydrogen-bond donors (Lipinski definition) is 2. The summed E-state index contributed by atoms with van der Waals surface area (Å²) in [5.41, 5.74) is 5.47. The number of hydrogen-bond acceptors (Lipinski definition) is 4. The van der Waals surface area contributed by atoms with Crippen molar-refractivity contribution >= 4 is 17.2 Å². The van der Waals surface area contributed by atoms with Crippen LogP contribution in [0.1, 0.15) is 36.1 Å². The largest absolute Gasteiger partial charge is 0.351 e. The number of aromatic nitrogens is 1. The molecule has 1 atom stereocenters. The van der Waals surface area contributed by atoms with Crippen molar-refractivity contribution in [3.63, 3.8) is 0 Å². The fourth-order valence-electron chi connectivity index (χ4n) is 1.57. The fourth-order valence-corrected chi connectivity index (χ4v) is 2.30. The maximum atomic E-state index is 11.6. The molecule has 96 valence electrons. The number of nitrogens with one attached hydrogen (secondary N) is 1. The second kappa shape index (κ2) is 7.40. The molecule has 0 aliphatic rings. The molecular formula is C12H21N3OS. The number of thiazole rings is 1. The lowest BCUT2D eigenvalue weighted by molar-refractivity contribution is -0.121. The molecule has 0 aliphatic carbocycles. The van der Waals surface area contributed by atoms with E-state index in [1.54, 1.807) is 11.3 Å². The van der Waals surface area contributed by atoms with E-state index in [1.165, 1.54) is 0 Å². The number of nitrogens with zero attached hydrogens (tertiary/aromatic N) is 1. The van der Waals surface area contributed by atoms with Crippen LogP contribution < -0.4 is 11.1 Å². The van der Waals surface area contributed by atoms with Gasteiger partial charge in [-0.25, -0.2) is 4.98 Å². The standard InChI is InChI=1S/C12H21N3OS/c1-9(5-6-13)3-4-12(16)15-8-11-7-14-10(2)17-11/h7,9H,3-6,8,13H2,1-2H3,(H,15,16). The molecule has 0 spiro atoms. The van der Waals surface area contributed by atoms with Gasteiger partial charge in [0.25, 0.3) is 0 Å². The Morgan fingerprint density at radius 2 is 2.35 bits per heavy atom. The summed E-state index contributed by atoms with van der Waals surface area (Å²) in [6, 6.07) is 0. The van der Waals surface area contributed by atoms with Gasteiger partial charge in [0.1, 0.15) is 0 Å². The molecule has 0 bridgehead atoms. The van der Waals surface area contributed by atoms with Gasteiger partial charge in [-0.05, 0) is 32.2 Å². The predicted octanol–water partition coefficient (Wildman–Crippen LogP) is 1.83. The molecule has 1 heterocycles. The van der Waals surface area contributed by atoms with Crippen LogP contribution in [0, 0.1) is 12.8 Å². The van der Waals surface area contributed by atoms with E-state index in [4.69, 9.17) is 5.73 Å². The normalized spacial score (nSPS) is 12.4. The third kappa shape index (κ3) is 5.79. The number of carbonyl (C=O) groups is 1. The first-order valence-corrected chi connectivity index (χ1v) is 6.81. The summed E-state index contributed by atoms with van der Waals surface area (Å²) in [5, 5.41) is 3.94. The molecular weight excluding hydrogens is 234 g/mol. The lowest BCUT2D eigenvalue weighted by atomic mass is 10.0. The minimum atomic E-state index is 0.111. The van der Waals surface area contributed by atoms with Crippen molar-refractivity contribution < 1.29 is 4.79 Å². The molecule has 3 N–H and O–H groups in total. The van der Waals surface area contributed by atoms with E-state index in [-0.39, 0.29) is 5.91 Å². The average molecular weight is 255 g/mol. The van der Waals surface area contributed by atoms with Crippen molar-refractivity contribution in [2.75, 3.05) is 6.54 Å². The van der Waals surface area contributed by atoms with Gasteiger partial charge in [0.05, 0.1) is 11.6 Å². The maximum absolute atomic E-state index is 11.6. The van der Waals surface area contributed by atoms with Gasteiger partial charge in [-0.3, -0.25) is 4.79 Å². The molecule has 0 fully saturated rings. The number of aryl methyl sites for hydroxylation is 1. The molecule has 0 aliphatic heterocycles. The van der Waals surface area contributed by atoms with Gasteiger partial charge in [-0.15, -0.1) is 11.3 Å². The van der Waals surface area contributed by atoms with Crippen molar-refractivity contribution in [2.45, 2.75) is 39.7 Å². The van der Waals surface area contributed by atoms with E-state index in [2.05, 4.69) is 17.2 Å². The Morgan fingerprint density at radius 3 is 2.94 bits per heavy atom. The quantitative estimate of drug-likeness (QED) is 0.781. The second-order valence-electron chi connectivity index (χ2n) is 4.34. The van der Waals surface area contributed by atoms with Crippen LogP contribution in [0.25, 0.3) is 0 Å². The zero-order valence-corrected chi connectivity index (χ0v) is 11.3. The van der Waals surface area contributed by atoms with Crippen LogP contribution in [0.3, 0.4) is 0 Å². The highest BCUT2D eigenvalue weighted by Gasteiger charge is 2.06. The molecule has 1 amide bonds. The van der Waals surface area contributed by atoms with Crippen LogP contribution in [-0.4, -0.2) is 17.4 Å². The van der Waals surface area contributed by atoms with Crippen LogP contribution in [0.5, 0.6) is 0 Å². The lowest BCUT2D eigenvalue weighted by Gasteiger charge is -2.09. The first-order chi connectivity index (χ1) is 8.11. The first-order valence-electron chi connectivity index (χ1n) is 6.00. The summed E-state index contributed by atoms with van der Waals surface area (Å²) in [4.78, 5) is 16.8. The molecule has 4 nitrogen and oxygen atoms in total. The maximum Gasteiger partial charge on any atom is 0.220 e. The van der Waals surface area contributed by atoms with Crippen LogP contribution >= 0.6 is 11.3 Å². The summed E-state index contributed by atoms with van der Waals surface area (Å²) in [6.45, 7) is 5.38. The van der Waals surface area contributed by atoms with Gasteiger partial charge < -0.3 is 11.1 Å². The summed E-state index contributed by atoms with van der Waals surface area (Å²) >= 11 is 1.62. The Labute approximate surface area is 107 Å². The number of rotatable bonds is 7. The highest BCUT2D eigenvalue weighted by Crippen LogP contribution is 2.12. The van der Waals surface area contributed by atoms with Gasteiger partial charge in [0.2, 0.25) is 5.91 Å². The van der Waals surface area contributed by atoms with Crippen molar-refractivity contribution in [3.8, 4) is 0 Å². The summed E-state index contributed by atoms with van der Waals surface area (Å²) in [6.07, 6.45) is 4.29. The summed E-state index contributed by atoms with van der Waals surface area (Å²) < 4.78 is 0. The second-order valence-corrected chi connectivity index (χ2v) is 5.66. The molecule has 0 radical (unpaired) electrons. The zero-order chi connectivity index (χ0) is 12.7. The highest BCUT2D eigenvalue weighted by atomic mass is 32.1. The molecule has 5 heteroatoms. The monoisotopic (exact) mass is 255 g/mol. The van der Waals surface area contributed by atoms with Gasteiger partial charge in [-0.2, -0.15) is 0 Å². The van der Waals surface area contributed by atoms with Gasteiger partial charge in [0.15, 0.2) is 0 Å². The lowest BCUT2D eigenvalue weighted by Crippen LogP contribution is -2.22. The van der Waals surface area contributed by atoms with E-state index in [0.717, 1.165) is 22.7 Å². The highest BCUT2D eigenvalue weighted by molar-refractivity contribution is 7.11. The first kappa shape index (κ1) is 14.1. The van der Waals surface area contributed by atoms with Crippen LogP contribution in [0.15, 0.2) is 6.20 Å². The van der Waals surface area contributed by atoms with Crippen molar-refractivity contribution in [2.24, 2.45) is 11.7 Å². The minimum absolute atomic E-state index is 0.111. The zero-order valence-electron chi connectivity index (χ0n) is 10.5. The molecule has 1 unspecified atom stereocenters. The molecule has 0 saturated carbocycles. The van der Waals surface area contributed by atoms with Gasteiger partial charge in [-0.1, -0.05) is 6.92 Å².